The fraction of sp³-hybridized carbons (Fsp3) is 0.172. The van der Waals surface area contributed by atoms with Crippen molar-refractivity contribution in [1.82, 2.24) is 14.3 Å². The Balaban J connectivity index is 1.37. The third-order valence-corrected chi connectivity index (χ3v) is 6.81. The second kappa shape index (κ2) is 9.43. The number of carbonyl (C=O) groups excluding carboxylic acids is 1. The van der Waals surface area contributed by atoms with Crippen molar-refractivity contribution in [3.8, 4) is 0 Å². The van der Waals surface area contributed by atoms with Gasteiger partial charge in [0.05, 0.1) is 6.54 Å². The number of hydrogen-bond acceptors (Lipinski definition) is 2. The molecule has 176 valence electrons. The van der Waals surface area contributed by atoms with E-state index in [1.54, 1.807) is 0 Å². The molecule has 0 aliphatic rings. The molecule has 6 heteroatoms. The molecule has 0 radical (unpaired) electrons. The number of aryl methyl sites for hydroxylation is 2. The van der Waals surface area contributed by atoms with E-state index in [0.29, 0.717) is 22.9 Å². The van der Waals surface area contributed by atoms with Crippen LogP contribution in [-0.2, 0) is 13.1 Å². The minimum Gasteiger partial charge on any atom is -0.340 e. The zero-order valence-electron chi connectivity index (χ0n) is 20.0. The molecular formula is C29H27ClN4O. The summed E-state index contributed by atoms with van der Waals surface area (Å²) in [6.45, 7) is 7.63. The number of fused-ring (bicyclic) bond motifs is 1. The van der Waals surface area contributed by atoms with E-state index >= 15 is 0 Å². The lowest BCUT2D eigenvalue weighted by atomic mass is 10.1. The second-order valence-corrected chi connectivity index (χ2v) is 9.36. The highest BCUT2D eigenvalue weighted by atomic mass is 35.5. The molecule has 2 aromatic heterocycles. The van der Waals surface area contributed by atoms with E-state index in [1.165, 1.54) is 16.8 Å². The van der Waals surface area contributed by atoms with Crippen LogP contribution in [0.4, 0.5) is 5.82 Å². The van der Waals surface area contributed by atoms with Crippen molar-refractivity contribution in [2.75, 3.05) is 5.32 Å². The van der Waals surface area contributed by atoms with Crippen molar-refractivity contribution in [1.29, 1.82) is 0 Å². The van der Waals surface area contributed by atoms with Crippen LogP contribution < -0.4 is 5.32 Å². The zero-order valence-corrected chi connectivity index (χ0v) is 20.8. The molecule has 0 aliphatic heterocycles. The van der Waals surface area contributed by atoms with Gasteiger partial charge in [0.2, 0.25) is 0 Å². The standard InChI is InChI=1S/C29H27ClN4O/c1-19-15-28(32-34(19)18-23-9-12-25(30)13-10-23)31-29(35)24-11-14-27-26(16-24)20(2)21(3)33(27)17-22-7-5-4-6-8-22/h4-16H,17-18H2,1-3H3,(H,31,32,35). The first-order chi connectivity index (χ1) is 16.9. The molecule has 1 N–H and O–H groups in total. The number of carbonyl (C=O) groups is 1. The van der Waals surface area contributed by atoms with Gasteiger partial charge < -0.3 is 9.88 Å². The predicted molar refractivity (Wildman–Crippen MR) is 142 cm³/mol. The second-order valence-electron chi connectivity index (χ2n) is 8.92. The van der Waals surface area contributed by atoms with Crippen molar-refractivity contribution >= 4 is 34.2 Å². The normalized spacial score (nSPS) is 11.2. The largest absolute Gasteiger partial charge is 0.340 e. The van der Waals surface area contributed by atoms with E-state index in [4.69, 9.17) is 11.6 Å². The summed E-state index contributed by atoms with van der Waals surface area (Å²) < 4.78 is 4.18. The van der Waals surface area contributed by atoms with E-state index < -0.39 is 0 Å². The van der Waals surface area contributed by atoms with E-state index in [2.05, 4.69) is 53.1 Å². The van der Waals surface area contributed by atoms with E-state index in [1.807, 2.05) is 66.2 Å². The first-order valence-corrected chi connectivity index (χ1v) is 12.0. The summed E-state index contributed by atoms with van der Waals surface area (Å²) in [5, 5.41) is 9.34. The van der Waals surface area contributed by atoms with Crippen LogP contribution in [0.1, 0.15) is 38.4 Å². The number of aromatic nitrogens is 3. The summed E-state index contributed by atoms with van der Waals surface area (Å²) in [5.41, 5.74) is 7.45. The highest BCUT2D eigenvalue weighted by Gasteiger charge is 2.16. The number of benzene rings is 3. The van der Waals surface area contributed by atoms with Crippen LogP contribution in [0.2, 0.25) is 5.02 Å². The number of nitrogens with one attached hydrogen (secondary N) is 1. The lowest BCUT2D eigenvalue weighted by molar-refractivity contribution is 0.102. The molecule has 5 nitrogen and oxygen atoms in total. The first kappa shape index (κ1) is 22.9. The molecule has 0 unspecified atom stereocenters. The van der Waals surface area contributed by atoms with Crippen LogP contribution in [-0.4, -0.2) is 20.3 Å². The molecule has 1 amide bonds. The van der Waals surface area contributed by atoms with Crippen LogP contribution >= 0.6 is 11.6 Å². The van der Waals surface area contributed by atoms with Gasteiger partial charge in [-0.15, -0.1) is 0 Å². The van der Waals surface area contributed by atoms with Gasteiger partial charge in [-0.2, -0.15) is 5.10 Å². The van der Waals surface area contributed by atoms with Crippen LogP contribution in [0.25, 0.3) is 10.9 Å². The predicted octanol–water partition coefficient (Wildman–Crippen LogP) is 6.77. The average molecular weight is 483 g/mol. The third kappa shape index (κ3) is 4.73. The highest BCUT2D eigenvalue weighted by Crippen LogP contribution is 2.27. The van der Waals surface area contributed by atoms with Gasteiger partial charge in [0, 0.05) is 45.5 Å². The van der Waals surface area contributed by atoms with E-state index in [-0.39, 0.29) is 5.91 Å². The summed E-state index contributed by atoms with van der Waals surface area (Å²) in [6, 6.07) is 25.9. The third-order valence-electron chi connectivity index (χ3n) is 6.55. The Labute approximate surface area is 210 Å². The summed E-state index contributed by atoms with van der Waals surface area (Å²) >= 11 is 5.99. The zero-order chi connectivity index (χ0) is 24.5. The molecule has 2 heterocycles. The maximum absolute atomic E-state index is 13.1. The Morgan fingerprint density at radius 3 is 2.34 bits per heavy atom. The van der Waals surface area contributed by atoms with Crippen molar-refractivity contribution in [3.63, 3.8) is 0 Å². The molecule has 0 atom stereocenters. The van der Waals surface area contributed by atoms with Gasteiger partial charge in [-0.05, 0) is 67.8 Å². The summed E-state index contributed by atoms with van der Waals surface area (Å²) in [4.78, 5) is 13.1. The number of hydrogen-bond donors (Lipinski definition) is 1. The fourth-order valence-corrected chi connectivity index (χ4v) is 4.57. The van der Waals surface area contributed by atoms with Crippen molar-refractivity contribution in [2.24, 2.45) is 0 Å². The molecule has 5 rings (SSSR count). The number of anilines is 1. The number of amides is 1. The van der Waals surface area contributed by atoms with Crippen LogP contribution in [0.3, 0.4) is 0 Å². The van der Waals surface area contributed by atoms with Crippen molar-refractivity contribution in [2.45, 2.75) is 33.9 Å². The van der Waals surface area contributed by atoms with Gasteiger partial charge in [0.15, 0.2) is 5.82 Å². The molecule has 0 saturated carbocycles. The van der Waals surface area contributed by atoms with Gasteiger partial charge in [-0.25, -0.2) is 0 Å². The van der Waals surface area contributed by atoms with Crippen molar-refractivity contribution in [3.05, 3.63) is 118 Å². The Morgan fingerprint density at radius 2 is 1.60 bits per heavy atom. The molecular weight excluding hydrogens is 456 g/mol. The van der Waals surface area contributed by atoms with Gasteiger partial charge >= 0.3 is 0 Å². The topological polar surface area (TPSA) is 51.9 Å². The monoisotopic (exact) mass is 482 g/mol. The molecule has 0 fully saturated rings. The molecule has 0 spiro atoms. The minimum absolute atomic E-state index is 0.170. The van der Waals surface area contributed by atoms with Crippen LogP contribution in [0, 0.1) is 20.8 Å². The fourth-order valence-electron chi connectivity index (χ4n) is 4.44. The molecule has 0 bridgehead atoms. The lowest BCUT2D eigenvalue weighted by Gasteiger charge is -2.09. The quantitative estimate of drug-likeness (QED) is 0.290. The molecule has 0 aliphatic carbocycles. The van der Waals surface area contributed by atoms with E-state index in [0.717, 1.165) is 28.7 Å². The SMILES string of the molecule is Cc1c(C)n(Cc2ccccc2)c2ccc(C(=O)Nc3cc(C)n(Cc4ccc(Cl)cc4)n3)cc12. The summed E-state index contributed by atoms with van der Waals surface area (Å²) in [7, 11) is 0. The molecule has 0 saturated heterocycles. The van der Waals surface area contributed by atoms with Crippen LogP contribution in [0.15, 0.2) is 78.9 Å². The number of nitrogens with zero attached hydrogens (tertiary/aromatic N) is 3. The van der Waals surface area contributed by atoms with Gasteiger partial charge in [0.25, 0.3) is 5.91 Å². The van der Waals surface area contributed by atoms with Gasteiger partial charge in [-0.3, -0.25) is 9.48 Å². The minimum atomic E-state index is -0.170. The highest BCUT2D eigenvalue weighted by molar-refractivity contribution is 6.30. The number of rotatable bonds is 6. The van der Waals surface area contributed by atoms with Crippen LogP contribution in [0.5, 0.6) is 0 Å². The van der Waals surface area contributed by atoms with Gasteiger partial charge in [0.1, 0.15) is 0 Å². The van der Waals surface area contributed by atoms with Gasteiger partial charge in [-0.1, -0.05) is 54.1 Å². The molecule has 35 heavy (non-hydrogen) atoms. The lowest BCUT2D eigenvalue weighted by Crippen LogP contribution is -2.13. The maximum Gasteiger partial charge on any atom is 0.256 e. The Kier molecular flexibility index (Phi) is 6.18. The molecule has 3 aromatic carbocycles. The van der Waals surface area contributed by atoms with E-state index in [9.17, 15) is 4.79 Å². The Morgan fingerprint density at radius 1 is 0.886 bits per heavy atom. The maximum atomic E-state index is 13.1. The Hall–Kier alpha value is -3.83. The van der Waals surface area contributed by atoms with Crippen molar-refractivity contribution < 1.29 is 4.79 Å². The number of halogens is 1. The molecule has 5 aromatic rings. The summed E-state index contributed by atoms with van der Waals surface area (Å²) in [6.07, 6.45) is 0. The summed E-state index contributed by atoms with van der Waals surface area (Å²) in [5.74, 6) is 0.368. The average Bonchev–Trinajstić information content (AvgIpc) is 3.32. The Bertz CT molecular complexity index is 1510. The first-order valence-electron chi connectivity index (χ1n) is 11.6. The smallest absolute Gasteiger partial charge is 0.256 e.